The van der Waals surface area contributed by atoms with Crippen molar-refractivity contribution in [3.8, 4) is 0 Å². The molecule has 3 heterocycles. The number of rotatable bonds is 2. The highest BCUT2D eigenvalue weighted by atomic mass is 35.5. The number of benzene rings is 3. The van der Waals surface area contributed by atoms with Gasteiger partial charge in [-0.05, 0) is 54.3 Å². The SMILES string of the molecule is O=C(c1cn(C(=O)c2cccc(F)c2)c2cc(Cl)ccc12)N1CCC2(CC1)OCc1ccccc12. The molecule has 2 aliphatic rings. The third kappa shape index (κ3) is 3.65. The van der Waals surface area contributed by atoms with E-state index in [0.29, 0.717) is 54.0 Å². The molecule has 0 radical (unpaired) electrons. The Morgan fingerprint density at radius 1 is 0.943 bits per heavy atom. The van der Waals surface area contributed by atoms with E-state index in [1.807, 2.05) is 17.0 Å². The van der Waals surface area contributed by atoms with Crippen LogP contribution in [0.15, 0.2) is 72.9 Å². The van der Waals surface area contributed by atoms with E-state index in [2.05, 4.69) is 12.1 Å². The molecule has 3 aromatic carbocycles. The molecular weight excluding hydrogens is 467 g/mol. The van der Waals surface area contributed by atoms with Crippen LogP contribution >= 0.6 is 11.6 Å². The Morgan fingerprint density at radius 3 is 2.54 bits per heavy atom. The van der Waals surface area contributed by atoms with Gasteiger partial charge in [0.1, 0.15) is 5.82 Å². The van der Waals surface area contributed by atoms with Gasteiger partial charge in [0.05, 0.1) is 23.3 Å². The molecule has 7 heteroatoms. The summed E-state index contributed by atoms with van der Waals surface area (Å²) in [5.74, 6) is -1.08. The number of amides is 1. The molecule has 0 atom stereocenters. The molecule has 6 rings (SSSR count). The number of aromatic nitrogens is 1. The van der Waals surface area contributed by atoms with Crippen molar-refractivity contribution in [2.45, 2.75) is 25.0 Å². The first-order valence-corrected chi connectivity index (χ1v) is 12.0. The van der Waals surface area contributed by atoms with Crippen LogP contribution in [0.1, 0.15) is 44.7 Å². The number of carbonyl (C=O) groups excluding carboxylic acids is 2. The second-order valence-corrected chi connectivity index (χ2v) is 9.56. The Morgan fingerprint density at radius 2 is 1.74 bits per heavy atom. The zero-order chi connectivity index (χ0) is 24.2. The number of ether oxygens (including phenoxy) is 1. The monoisotopic (exact) mass is 488 g/mol. The van der Waals surface area contributed by atoms with E-state index < -0.39 is 11.7 Å². The van der Waals surface area contributed by atoms with Gasteiger partial charge in [-0.3, -0.25) is 14.2 Å². The minimum absolute atomic E-state index is 0.149. The van der Waals surface area contributed by atoms with Gasteiger partial charge in [-0.2, -0.15) is 0 Å². The molecule has 0 unspecified atom stereocenters. The van der Waals surface area contributed by atoms with Gasteiger partial charge < -0.3 is 9.64 Å². The standard InChI is InChI=1S/C28H22ClFN2O3/c29-20-8-9-22-23(16-32(25(22)15-20)26(33)18-5-3-6-21(30)14-18)27(34)31-12-10-28(11-13-31)24-7-2-1-4-19(24)17-35-28/h1-9,14-16H,10-13,17H2. The molecule has 1 aromatic heterocycles. The summed E-state index contributed by atoms with van der Waals surface area (Å²) in [6.45, 7) is 1.69. The van der Waals surface area contributed by atoms with Gasteiger partial charge in [0, 0.05) is 35.3 Å². The molecule has 1 saturated heterocycles. The fraction of sp³-hybridized carbons (Fsp3) is 0.214. The topological polar surface area (TPSA) is 51.5 Å². The Labute approximate surface area is 206 Å². The van der Waals surface area contributed by atoms with Crippen LogP contribution in [0, 0.1) is 5.82 Å². The Bertz CT molecular complexity index is 1490. The maximum atomic E-state index is 13.8. The van der Waals surface area contributed by atoms with Crippen LogP contribution in [0.3, 0.4) is 0 Å². The van der Waals surface area contributed by atoms with E-state index >= 15 is 0 Å². The third-order valence-corrected chi connectivity index (χ3v) is 7.39. The van der Waals surface area contributed by atoms with Crippen molar-refractivity contribution in [2.75, 3.05) is 13.1 Å². The molecule has 1 fully saturated rings. The number of hydrogen-bond donors (Lipinski definition) is 0. The maximum Gasteiger partial charge on any atom is 0.262 e. The van der Waals surface area contributed by atoms with Gasteiger partial charge in [-0.15, -0.1) is 0 Å². The van der Waals surface area contributed by atoms with Crippen LogP contribution in [0.2, 0.25) is 5.02 Å². The highest BCUT2D eigenvalue weighted by Gasteiger charge is 2.43. The van der Waals surface area contributed by atoms with Gasteiger partial charge in [-0.1, -0.05) is 48.0 Å². The van der Waals surface area contributed by atoms with Crippen LogP contribution in [0.4, 0.5) is 4.39 Å². The van der Waals surface area contributed by atoms with Crippen LogP contribution in [0.5, 0.6) is 0 Å². The maximum absolute atomic E-state index is 13.8. The summed E-state index contributed by atoms with van der Waals surface area (Å²) in [6, 6.07) is 18.9. The number of piperidine rings is 1. The quantitative estimate of drug-likeness (QED) is 0.359. The van der Waals surface area contributed by atoms with Gasteiger partial charge in [0.15, 0.2) is 0 Å². The fourth-order valence-electron chi connectivity index (χ4n) is 5.34. The summed E-state index contributed by atoms with van der Waals surface area (Å²) in [5, 5.41) is 1.08. The van der Waals surface area contributed by atoms with Crippen molar-refractivity contribution in [1.82, 2.24) is 9.47 Å². The zero-order valence-corrected chi connectivity index (χ0v) is 19.6. The summed E-state index contributed by atoms with van der Waals surface area (Å²) in [4.78, 5) is 28.7. The van der Waals surface area contributed by atoms with Crippen LogP contribution in [-0.2, 0) is 16.9 Å². The number of nitrogens with zero attached hydrogens (tertiary/aromatic N) is 2. The molecule has 1 spiro atoms. The molecule has 35 heavy (non-hydrogen) atoms. The summed E-state index contributed by atoms with van der Waals surface area (Å²) in [6.07, 6.45) is 2.97. The molecule has 0 aliphatic carbocycles. The summed E-state index contributed by atoms with van der Waals surface area (Å²) in [7, 11) is 0. The first-order valence-electron chi connectivity index (χ1n) is 11.6. The normalized spacial score (nSPS) is 16.6. The van der Waals surface area contributed by atoms with Gasteiger partial charge in [-0.25, -0.2) is 4.39 Å². The van der Waals surface area contributed by atoms with Gasteiger partial charge in [0.25, 0.3) is 11.8 Å². The summed E-state index contributed by atoms with van der Waals surface area (Å²) >= 11 is 6.22. The number of fused-ring (bicyclic) bond motifs is 3. The predicted octanol–water partition coefficient (Wildman–Crippen LogP) is 5.78. The van der Waals surface area contributed by atoms with Crippen LogP contribution < -0.4 is 0 Å². The van der Waals surface area contributed by atoms with Crippen molar-refractivity contribution in [1.29, 1.82) is 0 Å². The minimum Gasteiger partial charge on any atom is -0.365 e. The molecular formula is C28H22ClFN2O3. The fourth-order valence-corrected chi connectivity index (χ4v) is 5.50. The summed E-state index contributed by atoms with van der Waals surface area (Å²) in [5.41, 5.74) is 3.21. The average Bonchev–Trinajstić information content (AvgIpc) is 3.42. The number of hydrogen-bond acceptors (Lipinski definition) is 3. The van der Waals surface area contributed by atoms with E-state index in [-0.39, 0.29) is 17.1 Å². The lowest BCUT2D eigenvalue weighted by molar-refractivity contribution is -0.0741. The summed E-state index contributed by atoms with van der Waals surface area (Å²) < 4.78 is 21.4. The lowest BCUT2D eigenvalue weighted by atomic mass is 9.83. The minimum atomic E-state index is -0.500. The second-order valence-electron chi connectivity index (χ2n) is 9.12. The van der Waals surface area contributed by atoms with E-state index in [4.69, 9.17) is 16.3 Å². The van der Waals surface area contributed by atoms with Crippen molar-refractivity contribution in [3.63, 3.8) is 0 Å². The Kier molecular flexibility index (Phi) is 5.24. The van der Waals surface area contributed by atoms with Crippen molar-refractivity contribution >= 4 is 34.3 Å². The molecule has 2 aliphatic heterocycles. The highest BCUT2D eigenvalue weighted by Crippen LogP contribution is 2.44. The molecule has 1 amide bonds. The van der Waals surface area contributed by atoms with Crippen molar-refractivity contribution < 1.29 is 18.7 Å². The predicted molar refractivity (Wildman–Crippen MR) is 131 cm³/mol. The molecule has 0 saturated carbocycles. The van der Waals surface area contributed by atoms with E-state index in [0.717, 1.165) is 0 Å². The van der Waals surface area contributed by atoms with E-state index in [9.17, 15) is 14.0 Å². The Hall–Kier alpha value is -3.48. The molecule has 0 bridgehead atoms. The van der Waals surface area contributed by atoms with E-state index in [1.54, 1.807) is 30.5 Å². The van der Waals surface area contributed by atoms with Gasteiger partial charge in [0.2, 0.25) is 0 Å². The van der Waals surface area contributed by atoms with Crippen LogP contribution in [0.25, 0.3) is 10.9 Å². The number of likely N-dealkylation sites (tertiary alicyclic amines) is 1. The Balaban J connectivity index is 1.32. The van der Waals surface area contributed by atoms with Gasteiger partial charge >= 0.3 is 0 Å². The number of carbonyl (C=O) groups is 2. The lowest BCUT2D eigenvalue weighted by Crippen LogP contribution is -2.45. The first kappa shape index (κ1) is 22.0. The molecule has 0 N–H and O–H groups in total. The first-order chi connectivity index (χ1) is 16.9. The average molecular weight is 489 g/mol. The largest absolute Gasteiger partial charge is 0.365 e. The molecule has 4 aromatic rings. The lowest BCUT2D eigenvalue weighted by Gasteiger charge is -2.39. The zero-order valence-electron chi connectivity index (χ0n) is 18.8. The molecule has 176 valence electrons. The van der Waals surface area contributed by atoms with E-state index in [1.165, 1.54) is 33.9 Å². The smallest absolute Gasteiger partial charge is 0.262 e. The second kappa shape index (κ2) is 8.33. The van der Waals surface area contributed by atoms with Crippen molar-refractivity contribution in [2.24, 2.45) is 0 Å². The third-order valence-electron chi connectivity index (χ3n) is 7.16. The molecule has 5 nitrogen and oxygen atoms in total. The number of halogens is 2. The van der Waals surface area contributed by atoms with Crippen molar-refractivity contribution in [3.05, 3.63) is 106 Å². The highest BCUT2D eigenvalue weighted by molar-refractivity contribution is 6.31. The van der Waals surface area contributed by atoms with Crippen LogP contribution in [-0.4, -0.2) is 34.4 Å².